The molecule has 0 aliphatic rings. The predicted octanol–water partition coefficient (Wildman–Crippen LogP) is 7.24. The van der Waals surface area contributed by atoms with E-state index in [4.69, 9.17) is 14.4 Å². The van der Waals surface area contributed by atoms with Gasteiger partial charge in [-0.05, 0) is 71.0 Å². The smallest absolute Gasteiger partial charge is 0.323 e. The molecular formula is C29H30FN7O3. The first-order valence-electron chi connectivity index (χ1n) is 12.8. The van der Waals surface area contributed by atoms with Gasteiger partial charge in [0.25, 0.3) is 0 Å². The Morgan fingerprint density at radius 3 is 2.55 bits per heavy atom. The molecule has 0 bridgehead atoms. The van der Waals surface area contributed by atoms with Gasteiger partial charge in [0.15, 0.2) is 5.58 Å². The highest BCUT2D eigenvalue weighted by Gasteiger charge is 2.21. The van der Waals surface area contributed by atoms with Gasteiger partial charge in [0.05, 0.1) is 23.1 Å². The van der Waals surface area contributed by atoms with Crippen LogP contribution in [0.3, 0.4) is 0 Å². The molecule has 5 rings (SSSR count). The Hall–Kier alpha value is -4.93. The average molecular weight is 544 g/mol. The lowest BCUT2D eigenvalue weighted by Gasteiger charge is -2.18. The fourth-order valence-corrected chi connectivity index (χ4v) is 3.96. The van der Waals surface area contributed by atoms with Crippen LogP contribution in [-0.4, -0.2) is 32.0 Å². The van der Waals surface area contributed by atoms with E-state index >= 15 is 0 Å². The van der Waals surface area contributed by atoms with E-state index in [-0.39, 0.29) is 23.0 Å². The maximum absolute atomic E-state index is 14.9. The van der Waals surface area contributed by atoms with Crippen LogP contribution >= 0.6 is 0 Å². The van der Waals surface area contributed by atoms with Gasteiger partial charge in [-0.15, -0.1) is 0 Å². The van der Waals surface area contributed by atoms with Crippen molar-refractivity contribution in [1.82, 2.24) is 19.9 Å². The second-order valence-corrected chi connectivity index (χ2v) is 10.6. The van der Waals surface area contributed by atoms with Crippen LogP contribution in [-0.2, 0) is 5.54 Å². The minimum absolute atomic E-state index is 0.00241. The van der Waals surface area contributed by atoms with E-state index in [0.717, 1.165) is 10.9 Å². The molecule has 0 fully saturated rings. The number of amides is 2. The van der Waals surface area contributed by atoms with Crippen LogP contribution in [0.5, 0.6) is 11.5 Å². The highest BCUT2D eigenvalue weighted by Crippen LogP contribution is 2.32. The van der Waals surface area contributed by atoms with Crippen molar-refractivity contribution in [2.75, 3.05) is 16.0 Å². The molecule has 3 heterocycles. The van der Waals surface area contributed by atoms with Gasteiger partial charge < -0.3 is 25.2 Å². The van der Waals surface area contributed by atoms with Gasteiger partial charge in [0.1, 0.15) is 28.8 Å². The third-order valence-electron chi connectivity index (χ3n) is 5.87. The van der Waals surface area contributed by atoms with Crippen molar-refractivity contribution in [2.24, 2.45) is 0 Å². The number of anilines is 3. The van der Waals surface area contributed by atoms with Gasteiger partial charge in [-0.2, -0.15) is 5.10 Å². The van der Waals surface area contributed by atoms with Crippen molar-refractivity contribution in [3.8, 4) is 22.8 Å². The molecule has 0 aliphatic carbocycles. The standard InChI is InChI=1S/C29H30FN7O3/c1-17(2)33-26-14-21(10-11-31-26)39-20-7-8-23(22(30)13-20)34-28(38)35-24-16-37(29(3,4)5)36-27(24)18-6-9-25-19(12-18)15-32-40-25/h6-17H,1-5H3,(H,31,33)(H2,34,35,38). The van der Waals surface area contributed by atoms with Crippen LogP contribution < -0.4 is 20.7 Å². The molecule has 2 amide bonds. The molecule has 0 saturated heterocycles. The Morgan fingerprint density at radius 2 is 1.80 bits per heavy atom. The number of carbonyl (C=O) groups is 1. The number of halogens is 1. The first-order chi connectivity index (χ1) is 19.0. The molecule has 0 atom stereocenters. The van der Waals surface area contributed by atoms with Crippen molar-refractivity contribution in [3.05, 3.63) is 72.9 Å². The van der Waals surface area contributed by atoms with E-state index in [1.165, 1.54) is 12.1 Å². The molecule has 3 aromatic heterocycles. The van der Waals surface area contributed by atoms with Crippen LogP contribution in [0.1, 0.15) is 34.6 Å². The average Bonchev–Trinajstić information content (AvgIpc) is 3.52. The molecule has 206 valence electrons. The first kappa shape index (κ1) is 26.7. The molecule has 40 heavy (non-hydrogen) atoms. The highest BCUT2D eigenvalue weighted by atomic mass is 19.1. The number of ether oxygens (including phenoxy) is 1. The van der Waals surface area contributed by atoms with Crippen LogP contribution in [0.4, 0.5) is 26.4 Å². The number of benzene rings is 2. The van der Waals surface area contributed by atoms with Gasteiger partial charge in [-0.1, -0.05) is 5.16 Å². The zero-order valence-electron chi connectivity index (χ0n) is 22.8. The topological polar surface area (TPSA) is 119 Å². The van der Waals surface area contributed by atoms with Crippen LogP contribution in [0, 0.1) is 5.82 Å². The summed E-state index contributed by atoms with van der Waals surface area (Å²) in [6, 6.07) is 12.7. The van der Waals surface area contributed by atoms with Gasteiger partial charge in [0, 0.05) is 41.5 Å². The SMILES string of the molecule is CC(C)Nc1cc(Oc2ccc(NC(=O)Nc3cn(C(C)(C)C)nc3-c3ccc4oncc4c3)c(F)c2)ccn1. The van der Waals surface area contributed by atoms with E-state index in [0.29, 0.717) is 28.5 Å². The lowest BCUT2D eigenvalue weighted by molar-refractivity contribution is 0.262. The van der Waals surface area contributed by atoms with Gasteiger partial charge in [-0.25, -0.2) is 14.2 Å². The number of carbonyl (C=O) groups excluding carboxylic acids is 1. The summed E-state index contributed by atoms with van der Waals surface area (Å²) in [4.78, 5) is 17.2. The maximum atomic E-state index is 14.9. The number of hydrogen-bond donors (Lipinski definition) is 3. The van der Waals surface area contributed by atoms with E-state index < -0.39 is 11.8 Å². The minimum atomic E-state index is -0.647. The largest absolute Gasteiger partial charge is 0.457 e. The lowest BCUT2D eigenvalue weighted by Crippen LogP contribution is -2.22. The van der Waals surface area contributed by atoms with Gasteiger partial charge >= 0.3 is 6.03 Å². The summed E-state index contributed by atoms with van der Waals surface area (Å²) in [5.74, 6) is 0.788. The Morgan fingerprint density at radius 1 is 1.02 bits per heavy atom. The summed E-state index contributed by atoms with van der Waals surface area (Å²) >= 11 is 0. The fourth-order valence-electron chi connectivity index (χ4n) is 3.96. The number of nitrogens with zero attached hydrogens (tertiary/aromatic N) is 4. The van der Waals surface area contributed by atoms with Crippen LogP contribution in [0.2, 0.25) is 0 Å². The maximum Gasteiger partial charge on any atom is 0.323 e. The summed E-state index contributed by atoms with van der Waals surface area (Å²) in [6.45, 7) is 10.0. The molecule has 10 nitrogen and oxygen atoms in total. The van der Waals surface area contributed by atoms with Crippen molar-refractivity contribution in [1.29, 1.82) is 0 Å². The molecule has 0 unspecified atom stereocenters. The van der Waals surface area contributed by atoms with Crippen molar-refractivity contribution < 1.29 is 18.4 Å². The zero-order chi connectivity index (χ0) is 28.4. The summed E-state index contributed by atoms with van der Waals surface area (Å²) in [6.07, 6.45) is 4.97. The van der Waals surface area contributed by atoms with E-state index in [1.54, 1.807) is 47.5 Å². The number of rotatable bonds is 7. The van der Waals surface area contributed by atoms with Crippen molar-refractivity contribution >= 4 is 34.2 Å². The summed E-state index contributed by atoms with van der Waals surface area (Å²) in [5.41, 5.74) is 2.09. The van der Waals surface area contributed by atoms with E-state index in [2.05, 4.69) is 26.1 Å². The van der Waals surface area contributed by atoms with Crippen LogP contribution in [0.25, 0.3) is 22.2 Å². The summed E-state index contributed by atoms with van der Waals surface area (Å²) < 4.78 is 27.7. The molecule has 0 spiro atoms. The first-order valence-corrected chi connectivity index (χ1v) is 12.8. The molecule has 0 saturated carbocycles. The minimum Gasteiger partial charge on any atom is -0.457 e. The van der Waals surface area contributed by atoms with E-state index in [9.17, 15) is 9.18 Å². The fraction of sp³-hybridized carbons (Fsp3) is 0.241. The second-order valence-electron chi connectivity index (χ2n) is 10.6. The molecule has 5 aromatic rings. The number of fused-ring (bicyclic) bond motifs is 1. The lowest BCUT2D eigenvalue weighted by atomic mass is 10.1. The van der Waals surface area contributed by atoms with Crippen LogP contribution in [0.15, 0.2) is 71.6 Å². The summed E-state index contributed by atoms with van der Waals surface area (Å²) in [5, 5.41) is 17.9. The quantitative estimate of drug-likeness (QED) is 0.198. The molecule has 3 N–H and O–H groups in total. The Balaban J connectivity index is 1.32. The highest BCUT2D eigenvalue weighted by molar-refractivity contribution is 6.02. The monoisotopic (exact) mass is 543 g/mol. The molecule has 11 heteroatoms. The normalized spacial score (nSPS) is 11.6. The second kappa shape index (κ2) is 10.7. The number of hydrogen-bond acceptors (Lipinski definition) is 7. The van der Waals surface area contributed by atoms with Gasteiger partial charge in [-0.3, -0.25) is 4.68 Å². The number of urea groups is 1. The molecule has 0 aliphatic heterocycles. The summed E-state index contributed by atoms with van der Waals surface area (Å²) in [7, 11) is 0. The van der Waals surface area contributed by atoms with E-state index in [1.807, 2.05) is 46.8 Å². The predicted molar refractivity (Wildman–Crippen MR) is 152 cm³/mol. The number of aromatic nitrogens is 4. The third kappa shape index (κ3) is 6.04. The van der Waals surface area contributed by atoms with Crippen molar-refractivity contribution in [2.45, 2.75) is 46.2 Å². The van der Waals surface area contributed by atoms with Crippen molar-refractivity contribution in [3.63, 3.8) is 0 Å². The Labute approximate surface area is 230 Å². The van der Waals surface area contributed by atoms with Gasteiger partial charge in [0.2, 0.25) is 0 Å². The zero-order valence-corrected chi connectivity index (χ0v) is 22.8. The molecule has 0 radical (unpaired) electrons. The molecule has 2 aromatic carbocycles. The number of nitrogens with one attached hydrogen (secondary N) is 3. The number of pyridine rings is 1. The Kier molecular flexibility index (Phi) is 7.12. The Bertz CT molecular complexity index is 1670. The third-order valence-corrected chi connectivity index (χ3v) is 5.87. The molecular weight excluding hydrogens is 513 g/mol.